The fourth-order valence-corrected chi connectivity index (χ4v) is 4.93. The van der Waals surface area contributed by atoms with Gasteiger partial charge in [0.1, 0.15) is 12.2 Å². The van der Waals surface area contributed by atoms with E-state index >= 15 is 0 Å². The summed E-state index contributed by atoms with van der Waals surface area (Å²) < 4.78 is 4.02. The Hall–Kier alpha value is -4.74. The van der Waals surface area contributed by atoms with Crippen molar-refractivity contribution in [1.82, 2.24) is 28.8 Å². The summed E-state index contributed by atoms with van der Waals surface area (Å²) in [6.07, 6.45) is 1.43. The Labute approximate surface area is 224 Å². The number of benzene rings is 1. The van der Waals surface area contributed by atoms with Gasteiger partial charge >= 0.3 is 5.69 Å². The molecule has 1 saturated heterocycles. The zero-order valence-electron chi connectivity index (χ0n) is 22.3. The van der Waals surface area contributed by atoms with Gasteiger partial charge in [0.2, 0.25) is 5.91 Å². The Kier molecular flexibility index (Phi) is 6.77. The van der Waals surface area contributed by atoms with E-state index in [2.05, 4.69) is 20.3 Å². The summed E-state index contributed by atoms with van der Waals surface area (Å²) in [5.41, 5.74) is 2.69. The van der Waals surface area contributed by atoms with Crippen molar-refractivity contribution in [3.05, 3.63) is 80.4 Å². The van der Waals surface area contributed by atoms with E-state index in [9.17, 15) is 19.2 Å². The van der Waals surface area contributed by atoms with Gasteiger partial charge in [0, 0.05) is 51.7 Å². The molecule has 1 aliphatic heterocycles. The molecular weight excluding hydrogens is 500 g/mol. The molecule has 0 saturated carbocycles. The van der Waals surface area contributed by atoms with Gasteiger partial charge in [-0.1, -0.05) is 12.1 Å². The van der Waals surface area contributed by atoms with Gasteiger partial charge < -0.3 is 15.1 Å². The monoisotopic (exact) mass is 530 g/mol. The van der Waals surface area contributed by atoms with E-state index in [1.54, 1.807) is 16.8 Å². The Morgan fingerprint density at radius 2 is 1.69 bits per heavy atom. The van der Waals surface area contributed by atoms with Gasteiger partial charge in [-0.3, -0.25) is 28.2 Å². The van der Waals surface area contributed by atoms with Crippen molar-refractivity contribution < 1.29 is 9.59 Å². The maximum absolute atomic E-state index is 13.3. The summed E-state index contributed by atoms with van der Waals surface area (Å²) in [6.45, 7) is 6.26. The molecule has 3 aromatic heterocycles. The van der Waals surface area contributed by atoms with Crippen LogP contribution in [0.15, 0.2) is 52.2 Å². The zero-order valence-corrected chi connectivity index (χ0v) is 22.3. The van der Waals surface area contributed by atoms with E-state index in [1.807, 2.05) is 36.9 Å². The minimum Gasteiger partial charge on any atom is -0.367 e. The van der Waals surface area contributed by atoms with Gasteiger partial charge in [0.05, 0.1) is 28.5 Å². The number of anilines is 2. The summed E-state index contributed by atoms with van der Waals surface area (Å²) in [6, 6.07) is 10.8. The van der Waals surface area contributed by atoms with Crippen molar-refractivity contribution in [2.24, 2.45) is 14.1 Å². The molecule has 0 spiro atoms. The Balaban J connectivity index is 1.30. The van der Waals surface area contributed by atoms with E-state index in [1.165, 1.54) is 30.9 Å². The Bertz CT molecular complexity index is 1710. The summed E-state index contributed by atoms with van der Waals surface area (Å²) >= 11 is 0. The number of nitrogens with zero attached hydrogens (tertiary/aromatic N) is 7. The van der Waals surface area contributed by atoms with Gasteiger partial charge in [0.25, 0.3) is 11.5 Å². The van der Waals surface area contributed by atoms with Crippen LogP contribution in [0.5, 0.6) is 0 Å². The number of piperazine rings is 1. The molecule has 1 aromatic carbocycles. The zero-order chi connectivity index (χ0) is 27.8. The molecule has 0 bridgehead atoms. The number of aromatic nitrogens is 5. The van der Waals surface area contributed by atoms with Crippen molar-refractivity contribution >= 4 is 34.2 Å². The highest BCUT2D eigenvalue weighted by molar-refractivity contribution is 6.08. The lowest BCUT2D eigenvalue weighted by Gasteiger charge is -2.37. The van der Waals surface area contributed by atoms with E-state index in [0.29, 0.717) is 37.4 Å². The molecule has 1 N–H and O–H groups in total. The highest BCUT2D eigenvalue weighted by Gasteiger charge is 2.25. The molecule has 0 aliphatic carbocycles. The van der Waals surface area contributed by atoms with Gasteiger partial charge in [0.15, 0.2) is 0 Å². The number of fused-ring (bicyclic) bond motifs is 1. The van der Waals surface area contributed by atoms with Crippen LogP contribution < -0.4 is 21.5 Å². The van der Waals surface area contributed by atoms with Crippen LogP contribution in [0, 0.1) is 13.8 Å². The number of carbonyl (C=O) groups excluding carboxylic acids is 2. The Morgan fingerprint density at radius 3 is 2.38 bits per heavy atom. The second-order valence-corrected chi connectivity index (χ2v) is 9.72. The molecule has 1 aliphatic rings. The Morgan fingerprint density at radius 1 is 0.974 bits per heavy atom. The van der Waals surface area contributed by atoms with Crippen molar-refractivity contribution in [2.75, 3.05) is 36.4 Å². The molecule has 39 heavy (non-hydrogen) atoms. The first-order valence-electron chi connectivity index (χ1n) is 12.6. The number of hydrogen-bond donors (Lipinski definition) is 1. The molecule has 2 amide bonds. The number of amides is 2. The first-order chi connectivity index (χ1) is 18.6. The van der Waals surface area contributed by atoms with Gasteiger partial charge in [-0.25, -0.2) is 9.78 Å². The second kappa shape index (κ2) is 10.2. The van der Waals surface area contributed by atoms with E-state index in [4.69, 9.17) is 0 Å². The number of pyridine rings is 1. The van der Waals surface area contributed by atoms with Crippen LogP contribution >= 0.6 is 0 Å². The molecule has 1 fully saturated rings. The van der Waals surface area contributed by atoms with Gasteiger partial charge in [-0.05, 0) is 38.1 Å². The SMILES string of the molecule is Cc1cc(C)n(CC(=O)N2CCN(c3ccccc3C(=O)Nc3cnc4c(c3)c(=O)n(C)c(=O)n4C)CC2)n1. The average Bonchev–Trinajstić information content (AvgIpc) is 3.26. The molecule has 0 radical (unpaired) electrons. The summed E-state index contributed by atoms with van der Waals surface area (Å²) in [7, 11) is 2.94. The number of nitrogens with one attached hydrogen (secondary N) is 1. The van der Waals surface area contributed by atoms with E-state index < -0.39 is 11.2 Å². The predicted molar refractivity (Wildman–Crippen MR) is 147 cm³/mol. The first-order valence-corrected chi connectivity index (χ1v) is 12.6. The van der Waals surface area contributed by atoms with Crippen LogP contribution in [0.3, 0.4) is 0 Å². The maximum atomic E-state index is 13.3. The van der Waals surface area contributed by atoms with Gasteiger partial charge in [-0.15, -0.1) is 0 Å². The lowest BCUT2D eigenvalue weighted by molar-refractivity contribution is -0.132. The quantitative estimate of drug-likeness (QED) is 0.409. The fraction of sp³-hybridized carbons (Fsp3) is 0.333. The normalized spacial score (nSPS) is 13.6. The number of carbonyl (C=O) groups is 2. The van der Waals surface area contributed by atoms with Crippen molar-refractivity contribution in [2.45, 2.75) is 20.4 Å². The summed E-state index contributed by atoms with van der Waals surface area (Å²) in [5, 5.41) is 7.45. The third-order valence-corrected chi connectivity index (χ3v) is 7.06. The number of hydrogen-bond acceptors (Lipinski definition) is 7. The van der Waals surface area contributed by atoms with Crippen molar-refractivity contribution in [1.29, 1.82) is 0 Å². The third kappa shape index (κ3) is 4.92. The van der Waals surface area contributed by atoms with Crippen LogP contribution in [-0.4, -0.2) is 66.8 Å². The number of aryl methyl sites for hydroxylation is 3. The van der Waals surface area contributed by atoms with Gasteiger partial charge in [-0.2, -0.15) is 5.10 Å². The van der Waals surface area contributed by atoms with Crippen LogP contribution in [0.25, 0.3) is 11.0 Å². The lowest BCUT2D eigenvalue weighted by Crippen LogP contribution is -2.50. The molecule has 4 aromatic rings. The van der Waals surface area contributed by atoms with Crippen molar-refractivity contribution in [3.8, 4) is 0 Å². The minimum atomic E-state index is -0.484. The summed E-state index contributed by atoms with van der Waals surface area (Å²) in [5.74, 6) is -0.337. The second-order valence-electron chi connectivity index (χ2n) is 9.72. The highest BCUT2D eigenvalue weighted by atomic mass is 16.2. The molecular formula is C27H30N8O4. The first kappa shape index (κ1) is 25.9. The van der Waals surface area contributed by atoms with Crippen LogP contribution in [0.2, 0.25) is 0 Å². The fourth-order valence-electron chi connectivity index (χ4n) is 4.93. The standard InChI is InChI=1S/C27H30N8O4/c1-17-13-18(2)35(30-17)16-23(36)34-11-9-33(10-12-34)22-8-6-5-7-20(22)25(37)29-19-14-21-24(28-15-19)31(3)27(39)32(4)26(21)38/h5-8,13-15H,9-12,16H2,1-4H3,(H,29,37). The molecule has 0 unspecified atom stereocenters. The van der Waals surface area contributed by atoms with Crippen LogP contribution in [0.4, 0.5) is 11.4 Å². The number of para-hydroxylation sites is 1. The topological polar surface area (TPSA) is 127 Å². The predicted octanol–water partition coefficient (Wildman–Crippen LogP) is 1.05. The number of rotatable bonds is 5. The average molecular weight is 531 g/mol. The molecule has 12 heteroatoms. The van der Waals surface area contributed by atoms with Crippen LogP contribution in [0.1, 0.15) is 21.7 Å². The van der Waals surface area contributed by atoms with E-state index in [-0.39, 0.29) is 29.4 Å². The highest BCUT2D eigenvalue weighted by Crippen LogP contribution is 2.24. The van der Waals surface area contributed by atoms with Crippen LogP contribution in [-0.2, 0) is 25.4 Å². The molecule has 202 valence electrons. The third-order valence-electron chi connectivity index (χ3n) is 7.06. The molecule has 5 rings (SSSR count). The largest absolute Gasteiger partial charge is 0.367 e. The minimum absolute atomic E-state index is 0.0133. The van der Waals surface area contributed by atoms with Crippen molar-refractivity contribution in [3.63, 3.8) is 0 Å². The molecule has 4 heterocycles. The maximum Gasteiger partial charge on any atom is 0.332 e. The smallest absolute Gasteiger partial charge is 0.332 e. The molecule has 0 atom stereocenters. The molecule has 12 nitrogen and oxygen atoms in total. The summed E-state index contributed by atoms with van der Waals surface area (Å²) in [4.78, 5) is 59.1. The lowest BCUT2D eigenvalue weighted by atomic mass is 10.1. The van der Waals surface area contributed by atoms with E-state index in [0.717, 1.165) is 21.6 Å².